The van der Waals surface area contributed by atoms with Gasteiger partial charge in [0.15, 0.2) is 0 Å². The van der Waals surface area contributed by atoms with E-state index in [-0.39, 0.29) is 11.9 Å². The molecule has 1 aliphatic rings. The summed E-state index contributed by atoms with van der Waals surface area (Å²) in [5, 5.41) is 8.81. The molecule has 164 valence electrons. The Kier molecular flexibility index (Phi) is 6.70. The second kappa shape index (κ2) is 10.0. The van der Waals surface area contributed by atoms with Crippen LogP contribution in [0.5, 0.6) is 0 Å². The van der Waals surface area contributed by atoms with E-state index in [0.717, 1.165) is 42.7 Å². The maximum absolute atomic E-state index is 12.6. The van der Waals surface area contributed by atoms with E-state index in [9.17, 15) is 9.59 Å². The molecule has 3 aromatic carbocycles. The van der Waals surface area contributed by atoms with E-state index in [0.29, 0.717) is 23.5 Å². The van der Waals surface area contributed by atoms with Crippen molar-refractivity contribution < 1.29 is 9.59 Å². The second-order valence-electron chi connectivity index (χ2n) is 8.04. The molecule has 32 heavy (non-hydrogen) atoms. The number of anilines is 3. The summed E-state index contributed by atoms with van der Waals surface area (Å²) in [6.45, 7) is 4.33. The van der Waals surface area contributed by atoms with Crippen LogP contribution in [0.4, 0.5) is 21.9 Å². The average molecular weight is 429 g/mol. The van der Waals surface area contributed by atoms with Gasteiger partial charge in [0, 0.05) is 30.9 Å². The lowest BCUT2D eigenvalue weighted by Gasteiger charge is -2.22. The summed E-state index contributed by atoms with van der Waals surface area (Å²) >= 11 is 0. The number of carbonyl (C=O) groups is 2. The highest BCUT2D eigenvalue weighted by Gasteiger charge is 2.18. The van der Waals surface area contributed by atoms with Crippen LogP contribution in [0.15, 0.2) is 72.8 Å². The Morgan fingerprint density at radius 3 is 2.31 bits per heavy atom. The van der Waals surface area contributed by atoms with Crippen molar-refractivity contribution in [2.45, 2.75) is 26.3 Å². The van der Waals surface area contributed by atoms with Crippen LogP contribution in [-0.2, 0) is 6.54 Å². The number of hydrogen-bond donors (Lipinski definition) is 3. The number of nitrogens with zero attached hydrogens (tertiary/aromatic N) is 1. The molecule has 6 nitrogen and oxygen atoms in total. The third kappa shape index (κ3) is 5.46. The van der Waals surface area contributed by atoms with Gasteiger partial charge in [-0.15, -0.1) is 0 Å². The van der Waals surface area contributed by atoms with Crippen LogP contribution in [0, 0.1) is 6.92 Å². The molecule has 3 aromatic rings. The third-order valence-electron chi connectivity index (χ3n) is 5.56. The van der Waals surface area contributed by atoms with Gasteiger partial charge in [-0.1, -0.05) is 48.0 Å². The minimum Gasteiger partial charge on any atom is -0.370 e. The molecule has 0 aliphatic carbocycles. The molecule has 1 fully saturated rings. The SMILES string of the molecule is Cc1ccc(C(=O)Nc2ccc(N3CCCC3)c(NC(=O)NCc3ccccc3)c2)cc1. The molecule has 1 heterocycles. The fraction of sp³-hybridized carbons (Fsp3) is 0.231. The van der Waals surface area contributed by atoms with Gasteiger partial charge < -0.3 is 20.9 Å². The number of nitrogens with one attached hydrogen (secondary N) is 3. The minimum absolute atomic E-state index is 0.182. The zero-order valence-electron chi connectivity index (χ0n) is 18.2. The van der Waals surface area contributed by atoms with Crippen molar-refractivity contribution in [3.63, 3.8) is 0 Å². The molecular weight excluding hydrogens is 400 g/mol. The quantitative estimate of drug-likeness (QED) is 0.507. The molecule has 0 aromatic heterocycles. The molecule has 0 spiro atoms. The number of hydrogen-bond acceptors (Lipinski definition) is 3. The number of amides is 3. The van der Waals surface area contributed by atoms with E-state index in [2.05, 4.69) is 20.9 Å². The topological polar surface area (TPSA) is 73.5 Å². The van der Waals surface area contributed by atoms with Gasteiger partial charge >= 0.3 is 6.03 Å². The molecule has 6 heteroatoms. The summed E-state index contributed by atoms with van der Waals surface area (Å²) < 4.78 is 0. The van der Waals surface area contributed by atoms with Gasteiger partial charge in [0.05, 0.1) is 11.4 Å². The molecule has 3 amide bonds. The number of rotatable bonds is 6. The standard InChI is InChI=1S/C26H28N4O2/c1-19-9-11-21(12-10-19)25(31)28-22-13-14-24(30-15-5-6-16-30)23(17-22)29-26(32)27-18-20-7-3-2-4-8-20/h2-4,7-14,17H,5-6,15-16,18H2,1H3,(H,28,31)(H2,27,29,32). The van der Waals surface area contributed by atoms with E-state index in [1.807, 2.05) is 67.6 Å². The van der Waals surface area contributed by atoms with Crippen LogP contribution < -0.4 is 20.9 Å². The highest BCUT2D eigenvalue weighted by molar-refractivity contribution is 6.05. The first-order valence-corrected chi connectivity index (χ1v) is 10.9. The van der Waals surface area contributed by atoms with Crippen LogP contribution >= 0.6 is 0 Å². The number of urea groups is 1. The maximum atomic E-state index is 12.6. The summed E-state index contributed by atoms with van der Waals surface area (Å²) in [4.78, 5) is 27.5. The van der Waals surface area contributed by atoms with E-state index in [4.69, 9.17) is 0 Å². The van der Waals surface area contributed by atoms with E-state index >= 15 is 0 Å². The smallest absolute Gasteiger partial charge is 0.319 e. The zero-order valence-corrected chi connectivity index (χ0v) is 18.2. The van der Waals surface area contributed by atoms with E-state index < -0.39 is 0 Å². The molecule has 0 radical (unpaired) electrons. The Labute approximate surface area is 188 Å². The molecule has 0 unspecified atom stereocenters. The van der Waals surface area contributed by atoms with E-state index in [1.54, 1.807) is 12.1 Å². The average Bonchev–Trinajstić information content (AvgIpc) is 3.34. The third-order valence-corrected chi connectivity index (χ3v) is 5.56. The normalized spacial score (nSPS) is 13.0. The Balaban J connectivity index is 1.49. The van der Waals surface area contributed by atoms with Crippen molar-refractivity contribution in [3.05, 3.63) is 89.5 Å². The van der Waals surface area contributed by atoms with Gasteiger partial charge in [0.1, 0.15) is 0 Å². The Hall–Kier alpha value is -3.80. The minimum atomic E-state index is -0.281. The lowest BCUT2D eigenvalue weighted by atomic mass is 10.1. The first kappa shape index (κ1) is 21.4. The predicted octanol–water partition coefficient (Wildman–Crippen LogP) is 5.17. The van der Waals surface area contributed by atoms with Crippen LogP contribution in [-0.4, -0.2) is 25.0 Å². The zero-order chi connectivity index (χ0) is 22.3. The van der Waals surface area contributed by atoms with Gasteiger partial charge in [-0.25, -0.2) is 4.79 Å². The molecule has 3 N–H and O–H groups in total. The van der Waals surface area contributed by atoms with Gasteiger partial charge in [-0.3, -0.25) is 4.79 Å². The van der Waals surface area contributed by atoms with Crippen molar-refractivity contribution in [1.82, 2.24) is 5.32 Å². The Morgan fingerprint density at radius 2 is 1.59 bits per heavy atom. The van der Waals surface area contributed by atoms with Crippen molar-refractivity contribution in [2.75, 3.05) is 28.6 Å². The van der Waals surface area contributed by atoms with Crippen molar-refractivity contribution in [1.29, 1.82) is 0 Å². The van der Waals surface area contributed by atoms with E-state index in [1.165, 1.54) is 0 Å². The van der Waals surface area contributed by atoms with Crippen molar-refractivity contribution in [3.8, 4) is 0 Å². The second-order valence-corrected chi connectivity index (χ2v) is 8.04. The largest absolute Gasteiger partial charge is 0.370 e. The highest BCUT2D eigenvalue weighted by Crippen LogP contribution is 2.32. The van der Waals surface area contributed by atoms with Gasteiger partial charge in [0.2, 0.25) is 0 Å². The fourth-order valence-corrected chi connectivity index (χ4v) is 3.80. The summed E-state index contributed by atoms with van der Waals surface area (Å²) in [5.41, 5.74) is 5.00. The molecule has 1 saturated heterocycles. The van der Waals surface area contributed by atoms with Gasteiger partial charge in [-0.2, -0.15) is 0 Å². The van der Waals surface area contributed by atoms with Crippen LogP contribution in [0.2, 0.25) is 0 Å². The Bertz CT molecular complexity index is 1070. The number of aryl methyl sites for hydroxylation is 1. The number of carbonyl (C=O) groups excluding carboxylic acids is 2. The molecule has 0 atom stereocenters. The predicted molar refractivity (Wildman–Crippen MR) is 129 cm³/mol. The van der Waals surface area contributed by atoms with Crippen LogP contribution in [0.1, 0.15) is 34.3 Å². The number of benzene rings is 3. The fourth-order valence-electron chi connectivity index (χ4n) is 3.80. The van der Waals surface area contributed by atoms with Crippen LogP contribution in [0.3, 0.4) is 0 Å². The van der Waals surface area contributed by atoms with Crippen molar-refractivity contribution >= 4 is 29.0 Å². The molecular formula is C26H28N4O2. The maximum Gasteiger partial charge on any atom is 0.319 e. The highest BCUT2D eigenvalue weighted by atomic mass is 16.2. The lowest BCUT2D eigenvalue weighted by molar-refractivity contribution is 0.102. The summed E-state index contributed by atoms with van der Waals surface area (Å²) in [5.74, 6) is -0.182. The lowest BCUT2D eigenvalue weighted by Crippen LogP contribution is -2.29. The van der Waals surface area contributed by atoms with Gasteiger partial charge in [-0.05, 0) is 55.7 Å². The van der Waals surface area contributed by atoms with Gasteiger partial charge in [0.25, 0.3) is 5.91 Å². The molecule has 1 aliphatic heterocycles. The molecule has 0 bridgehead atoms. The monoisotopic (exact) mass is 428 g/mol. The Morgan fingerprint density at radius 1 is 0.875 bits per heavy atom. The first-order valence-electron chi connectivity index (χ1n) is 10.9. The van der Waals surface area contributed by atoms with Crippen LogP contribution in [0.25, 0.3) is 0 Å². The molecule has 4 rings (SSSR count). The summed E-state index contributed by atoms with van der Waals surface area (Å²) in [6.07, 6.45) is 2.26. The first-order chi connectivity index (χ1) is 15.6. The summed E-state index contributed by atoms with van der Waals surface area (Å²) in [6, 6.07) is 22.6. The van der Waals surface area contributed by atoms with Crippen molar-refractivity contribution in [2.24, 2.45) is 0 Å². The summed E-state index contributed by atoms with van der Waals surface area (Å²) in [7, 11) is 0. The molecule has 0 saturated carbocycles.